The van der Waals surface area contributed by atoms with Gasteiger partial charge in [0.2, 0.25) is 0 Å². The molecule has 1 rings (SSSR count). The zero-order valence-electron chi connectivity index (χ0n) is 9.33. The highest BCUT2D eigenvalue weighted by Gasteiger charge is 1.97. The molecule has 0 heterocycles. The van der Waals surface area contributed by atoms with Crippen molar-refractivity contribution in [3.63, 3.8) is 0 Å². The molecule has 0 unspecified atom stereocenters. The second-order valence-electron chi connectivity index (χ2n) is 3.65. The molecular formula is C13H19NO. The van der Waals surface area contributed by atoms with Crippen LogP contribution in [0.3, 0.4) is 0 Å². The van der Waals surface area contributed by atoms with E-state index in [-0.39, 0.29) is 0 Å². The minimum absolute atomic E-state index is 0.746. The number of unbranched alkanes of at least 4 members (excludes halogenated alkanes) is 2. The second-order valence-corrected chi connectivity index (χ2v) is 3.65. The minimum Gasteiger partial charge on any atom is -0.494 e. The summed E-state index contributed by atoms with van der Waals surface area (Å²) in [6.07, 6.45) is 5.17. The van der Waals surface area contributed by atoms with E-state index in [1.807, 2.05) is 31.2 Å². The highest BCUT2D eigenvalue weighted by molar-refractivity contribution is 5.50. The molecule has 1 aromatic carbocycles. The highest BCUT2D eigenvalue weighted by atomic mass is 16.5. The summed E-state index contributed by atoms with van der Waals surface area (Å²) in [5, 5.41) is 0. The van der Waals surface area contributed by atoms with E-state index in [0.29, 0.717) is 0 Å². The predicted molar refractivity (Wildman–Crippen MR) is 65.1 cm³/mol. The first-order chi connectivity index (χ1) is 7.24. The molecule has 0 bridgehead atoms. The average molecular weight is 205 g/mol. The average Bonchev–Trinajstić information content (AvgIpc) is 2.23. The first-order valence-corrected chi connectivity index (χ1v) is 5.34. The monoisotopic (exact) mass is 205 g/mol. The van der Waals surface area contributed by atoms with Crippen molar-refractivity contribution in [1.29, 1.82) is 0 Å². The van der Waals surface area contributed by atoms with Crippen LogP contribution in [0.1, 0.15) is 24.8 Å². The van der Waals surface area contributed by atoms with Gasteiger partial charge in [-0.1, -0.05) is 12.1 Å². The maximum atomic E-state index is 5.78. The maximum Gasteiger partial charge on any atom is 0.121 e. The molecule has 0 aliphatic heterocycles. The van der Waals surface area contributed by atoms with Crippen LogP contribution >= 0.6 is 0 Å². The van der Waals surface area contributed by atoms with Gasteiger partial charge in [0.05, 0.1) is 6.61 Å². The lowest BCUT2D eigenvalue weighted by atomic mass is 10.2. The molecule has 0 fully saturated rings. The van der Waals surface area contributed by atoms with Gasteiger partial charge in [0.25, 0.3) is 0 Å². The Bertz CT molecular complexity index is 320. The minimum atomic E-state index is 0.746. The largest absolute Gasteiger partial charge is 0.494 e. The number of ether oxygens (including phenoxy) is 1. The van der Waals surface area contributed by atoms with Crippen molar-refractivity contribution in [3.05, 3.63) is 36.4 Å². The van der Waals surface area contributed by atoms with E-state index in [4.69, 9.17) is 10.5 Å². The van der Waals surface area contributed by atoms with Crippen LogP contribution in [0.5, 0.6) is 5.75 Å². The van der Waals surface area contributed by atoms with Crippen LogP contribution in [0.2, 0.25) is 0 Å². The topological polar surface area (TPSA) is 35.2 Å². The molecule has 0 saturated carbocycles. The summed E-state index contributed by atoms with van der Waals surface area (Å²) in [5.41, 5.74) is 7.66. The maximum absolute atomic E-state index is 5.78. The van der Waals surface area contributed by atoms with Gasteiger partial charge in [-0.05, 0) is 37.8 Å². The van der Waals surface area contributed by atoms with Gasteiger partial charge in [0.15, 0.2) is 0 Å². The lowest BCUT2D eigenvalue weighted by Crippen LogP contribution is -1.98. The molecule has 82 valence electrons. The van der Waals surface area contributed by atoms with Gasteiger partial charge in [-0.25, -0.2) is 0 Å². The summed E-state index contributed by atoms with van der Waals surface area (Å²) >= 11 is 0. The Hall–Kier alpha value is -1.44. The van der Waals surface area contributed by atoms with Gasteiger partial charge in [-0.3, -0.25) is 0 Å². The molecule has 2 heteroatoms. The molecule has 0 aromatic heterocycles. The SMILES string of the molecule is C=CCCCCOc1ccc(C)c(N)c1. The van der Waals surface area contributed by atoms with Gasteiger partial charge in [0, 0.05) is 11.8 Å². The van der Waals surface area contributed by atoms with E-state index >= 15 is 0 Å². The van der Waals surface area contributed by atoms with Crippen LogP contribution in [0, 0.1) is 6.92 Å². The van der Waals surface area contributed by atoms with Gasteiger partial charge >= 0.3 is 0 Å². The summed E-state index contributed by atoms with van der Waals surface area (Å²) < 4.78 is 5.57. The molecule has 2 nitrogen and oxygen atoms in total. The third kappa shape index (κ3) is 4.07. The molecular weight excluding hydrogens is 186 g/mol. The van der Waals surface area contributed by atoms with Crippen LogP contribution < -0.4 is 10.5 Å². The van der Waals surface area contributed by atoms with Crippen molar-refractivity contribution < 1.29 is 4.74 Å². The number of benzene rings is 1. The molecule has 15 heavy (non-hydrogen) atoms. The smallest absolute Gasteiger partial charge is 0.121 e. The van der Waals surface area contributed by atoms with Crippen LogP contribution in [0.15, 0.2) is 30.9 Å². The standard InChI is InChI=1S/C13H19NO/c1-3-4-5-6-9-15-12-8-7-11(2)13(14)10-12/h3,7-8,10H,1,4-6,9,14H2,2H3. The van der Waals surface area contributed by atoms with Crippen molar-refractivity contribution in [2.24, 2.45) is 0 Å². The van der Waals surface area contributed by atoms with Crippen molar-refractivity contribution in [2.45, 2.75) is 26.2 Å². The number of rotatable bonds is 6. The van der Waals surface area contributed by atoms with Gasteiger partial charge in [-0.2, -0.15) is 0 Å². The van der Waals surface area contributed by atoms with Crippen molar-refractivity contribution in [2.75, 3.05) is 12.3 Å². The van der Waals surface area contributed by atoms with Crippen molar-refractivity contribution in [1.82, 2.24) is 0 Å². The lowest BCUT2D eigenvalue weighted by molar-refractivity contribution is 0.307. The van der Waals surface area contributed by atoms with Crippen molar-refractivity contribution >= 4 is 5.69 Å². The quantitative estimate of drug-likeness (QED) is 0.439. The number of nitrogens with two attached hydrogens (primary N) is 1. The number of hydrogen-bond acceptors (Lipinski definition) is 2. The number of aryl methyl sites for hydroxylation is 1. The van der Waals surface area contributed by atoms with Crippen LogP contribution in [0.4, 0.5) is 5.69 Å². The van der Waals surface area contributed by atoms with Crippen LogP contribution in [0.25, 0.3) is 0 Å². The Morgan fingerprint density at radius 3 is 2.87 bits per heavy atom. The third-order valence-corrected chi connectivity index (χ3v) is 2.32. The summed E-state index contributed by atoms with van der Waals surface area (Å²) in [4.78, 5) is 0. The molecule has 0 radical (unpaired) electrons. The first-order valence-electron chi connectivity index (χ1n) is 5.34. The van der Waals surface area contributed by atoms with E-state index in [1.54, 1.807) is 0 Å². The van der Waals surface area contributed by atoms with E-state index in [0.717, 1.165) is 42.9 Å². The van der Waals surface area contributed by atoms with E-state index < -0.39 is 0 Å². The molecule has 0 aliphatic rings. The summed E-state index contributed by atoms with van der Waals surface area (Å²) in [5.74, 6) is 0.858. The number of hydrogen-bond donors (Lipinski definition) is 1. The van der Waals surface area contributed by atoms with Crippen LogP contribution in [-0.4, -0.2) is 6.61 Å². The summed E-state index contributed by atoms with van der Waals surface area (Å²) in [6, 6.07) is 5.82. The fraction of sp³-hybridized carbons (Fsp3) is 0.385. The molecule has 1 aromatic rings. The molecule has 0 spiro atoms. The zero-order chi connectivity index (χ0) is 11.1. The van der Waals surface area contributed by atoms with Gasteiger partial charge < -0.3 is 10.5 Å². The fourth-order valence-corrected chi connectivity index (χ4v) is 1.29. The Labute approximate surface area is 91.7 Å². The van der Waals surface area contributed by atoms with Crippen LogP contribution in [-0.2, 0) is 0 Å². The molecule has 0 amide bonds. The third-order valence-electron chi connectivity index (χ3n) is 2.32. The Balaban J connectivity index is 2.31. The zero-order valence-corrected chi connectivity index (χ0v) is 9.33. The Kier molecular flexibility index (Phi) is 4.75. The Morgan fingerprint density at radius 1 is 1.40 bits per heavy atom. The van der Waals surface area contributed by atoms with Crippen molar-refractivity contribution in [3.8, 4) is 5.75 Å². The number of allylic oxidation sites excluding steroid dienone is 1. The summed E-state index contributed by atoms with van der Waals surface area (Å²) in [7, 11) is 0. The Morgan fingerprint density at radius 2 is 2.20 bits per heavy atom. The molecule has 0 atom stereocenters. The molecule has 0 saturated heterocycles. The van der Waals surface area contributed by atoms with Gasteiger partial charge in [0.1, 0.15) is 5.75 Å². The predicted octanol–water partition coefficient (Wildman–Crippen LogP) is 3.31. The lowest BCUT2D eigenvalue weighted by Gasteiger charge is -2.07. The van der Waals surface area contributed by atoms with E-state index in [1.165, 1.54) is 0 Å². The fourth-order valence-electron chi connectivity index (χ4n) is 1.29. The number of anilines is 1. The normalized spacial score (nSPS) is 9.93. The second kappa shape index (κ2) is 6.12. The molecule has 2 N–H and O–H groups in total. The highest BCUT2D eigenvalue weighted by Crippen LogP contribution is 2.19. The molecule has 0 aliphatic carbocycles. The van der Waals surface area contributed by atoms with Gasteiger partial charge in [-0.15, -0.1) is 6.58 Å². The van der Waals surface area contributed by atoms with E-state index in [2.05, 4.69) is 6.58 Å². The summed E-state index contributed by atoms with van der Waals surface area (Å²) in [6.45, 7) is 6.42. The number of nitrogen functional groups attached to an aromatic ring is 1. The van der Waals surface area contributed by atoms with E-state index in [9.17, 15) is 0 Å². The first kappa shape index (κ1) is 11.6.